The van der Waals surface area contributed by atoms with Gasteiger partial charge in [-0.2, -0.15) is 0 Å². The molecule has 0 aromatic carbocycles. The summed E-state index contributed by atoms with van der Waals surface area (Å²) in [6.07, 6.45) is 7.85. The van der Waals surface area contributed by atoms with Crippen molar-refractivity contribution in [1.82, 2.24) is 10.2 Å². The lowest BCUT2D eigenvalue weighted by Gasteiger charge is -2.29. The highest BCUT2D eigenvalue weighted by atomic mass is 16.2. The first-order chi connectivity index (χ1) is 11.0. The van der Waals surface area contributed by atoms with Gasteiger partial charge in [-0.25, -0.2) is 0 Å². The molecule has 1 heterocycles. The minimum atomic E-state index is -0.681. The van der Waals surface area contributed by atoms with Gasteiger partial charge in [-0.1, -0.05) is 19.8 Å². The lowest BCUT2D eigenvalue weighted by atomic mass is 9.81. The highest BCUT2D eigenvalue weighted by Crippen LogP contribution is 2.38. The topological polar surface area (TPSA) is 66.5 Å². The van der Waals surface area contributed by atoms with Gasteiger partial charge in [0.1, 0.15) is 6.04 Å². The van der Waals surface area contributed by atoms with E-state index < -0.39 is 6.04 Å². The third-order valence-corrected chi connectivity index (χ3v) is 6.00. The molecule has 1 N–H and O–H groups in total. The minimum absolute atomic E-state index is 0.125. The molecule has 1 saturated heterocycles. The molecule has 1 aliphatic heterocycles. The smallest absolute Gasteiger partial charge is 0.243 e. The Bertz CT molecular complexity index is 472. The molecule has 3 atom stereocenters. The third kappa shape index (κ3) is 3.15. The standard InChI is InChI=1S/C18H28N2O3/c1-11-7-9-13(10-8-11)19-16(21)12(2)20-17(22)14-5-3-4-6-15(14)18(20)23/h11-15H,3-10H2,1-2H3,(H,19,21)/t11?,12-,13?,14-,15+/m0/s1. The van der Waals surface area contributed by atoms with E-state index in [1.807, 2.05) is 0 Å². The summed E-state index contributed by atoms with van der Waals surface area (Å²) in [4.78, 5) is 38.9. The Morgan fingerprint density at radius 2 is 1.52 bits per heavy atom. The largest absolute Gasteiger partial charge is 0.352 e. The molecule has 5 nitrogen and oxygen atoms in total. The van der Waals surface area contributed by atoms with E-state index in [-0.39, 0.29) is 35.6 Å². The Morgan fingerprint density at radius 1 is 1.00 bits per heavy atom. The quantitative estimate of drug-likeness (QED) is 0.811. The molecule has 0 radical (unpaired) electrons. The van der Waals surface area contributed by atoms with Crippen LogP contribution in [-0.4, -0.2) is 34.7 Å². The van der Waals surface area contributed by atoms with Gasteiger partial charge in [-0.15, -0.1) is 0 Å². The summed E-state index contributed by atoms with van der Waals surface area (Å²) in [5.74, 6) is -0.0568. The average Bonchev–Trinajstić information content (AvgIpc) is 2.81. The Balaban J connectivity index is 1.62. The van der Waals surface area contributed by atoms with E-state index in [4.69, 9.17) is 0 Å². The first-order valence-corrected chi connectivity index (χ1v) is 9.16. The number of hydrogen-bond acceptors (Lipinski definition) is 3. The van der Waals surface area contributed by atoms with E-state index in [1.165, 1.54) is 4.90 Å². The molecule has 0 aromatic rings. The Hall–Kier alpha value is -1.39. The first-order valence-electron chi connectivity index (χ1n) is 9.16. The predicted molar refractivity (Wildman–Crippen MR) is 86.3 cm³/mol. The van der Waals surface area contributed by atoms with Gasteiger partial charge in [-0.05, 0) is 51.4 Å². The van der Waals surface area contributed by atoms with Gasteiger partial charge in [0.2, 0.25) is 17.7 Å². The second kappa shape index (κ2) is 6.62. The molecule has 0 bridgehead atoms. The van der Waals surface area contributed by atoms with Gasteiger partial charge in [0.25, 0.3) is 0 Å². The summed E-state index contributed by atoms with van der Waals surface area (Å²) in [7, 11) is 0. The second-order valence-electron chi connectivity index (χ2n) is 7.69. The fourth-order valence-electron chi connectivity index (χ4n) is 4.41. The molecule has 0 unspecified atom stereocenters. The van der Waals surface area contributed by atoms with Crippen LogP contribution in [0.1, 0.15) is 65.2 Å². The summed E-state index contributed by atoms with van der Waals surface area (Å²) >= 11 is 0. The number of imide groups is 1. The van der Waals surface area contributed by atoms with E-state index in [0.717, 1.165) is 57.3 Å². The SMILES string of the molecule is CC1CCC(NC(=O)[C@H](C)N2C(=O)[C@H]3CCCC[C@H]3C2=O)CC1. The molecule has 128 valence electrons. The van der Waals surface area contributed by atoms with Crippen molar-refractivity contribution >= 4 is 17.7 Å². The van der Waals surface area contributed by atoms with Crippen molar-refractivity contribution in [2.24, 2.45) is 17.8 Å². The first kappa shape index (κ1) is 16.5. The van der Waals surface area contributed by atoms with Crippen LogP contribution in [-0.2, 0) is 14.4 Å². The van der Waals surface area contributed by atoms with Crippen molar-refractivity contribution in [3.8, 4) is 0 Å². The van der Waals surface area contributed by atoms with E-state index in [1.54, 1.807) is 6.92 Å². The molecule has 0 spiro atoms. The van der Waals surface area contributed by atoms with E-state index in [0.29, 0.717) is 0 Å². The van der Waals surface area contributed by atoms with Crippen LogP contribution in [0.2, 0.25) is 0 Å². The number of carbonyl (C=O) groups is 3. The van der Waals surface area contributed by atoms with Crippen molar-refractivity contribution in [3.05, 3.63) is 0 Å². The maximum Gasteiger partial charge on any atom is 0.243 e. The molecule has 23 heavy (non-hydrogen) atoms. The van der Waals surface area contributed by atoms with Gasteiger partial charge in [0, 0.05) is 6.04 Å². The fraction of sp³-hybridized carbons (Fsp3) is 0.833. The van der Waals surface area contributed by atoms with Gasteiger partial charge < -0.3 is 5.32 Å². The third-order valence-electron chi connectivity index (χ3n) is 6.00. The molecule has 2 saturated carbocycles. The van der Waals surface area contributed by atoms with Crippen LogP contribution >= 0.6 is 0 Å². The molecule has 3 amide bonds. The zero-order valence-electron chi connectivity index (χ0n) is 14.2. The number of amides is 3. The highest BCUT2D eigenvalue weighted by Gasteiger charge is 2.50. The van der Waals surface area contributed by atoms with Crippen LogP contribution in [0.15, 0.2) is 0 Å². The molecule has 5 heteroatoms. The minimum Gasteiger partial charge on any atom is -0.352 e. The van der Waals surface area contributed by atoms with Crippen LogP contribution in [0.3, 0.4) is 0 Å². The van der Waals surface area contributed by atoms with Gasteiger partial charge in [-0.3, -0.25) is 19.3 Å². The van der Waals surface area contributed by atoms with Crippen molar-refractivity contribution in [2.45, 2.75) is 77.3 Å². The van der Waals surface area contributed by atoms with Crippen LogP contribution in [0, 0.1) is 17.8 Å². The number of likely N-dealkylation sites (tertiary alicyclic amines) is 1. The normalized spacial score (nSPS) is 35.8. The summed E-state index contributed by atoms with van der Waals surface area (Å²) in [5.41, 5.74) is 0. The monoisotopic (exact) mass is 320 g/mol. The van der Waals surface area contributed by atoms with E-state index in [9.17, 15) is 14.4 Å². The maximum atomic E-state index is 12.6. The Kier molecular flexibility index (Phi) is 4.74. The van der Waals surface area contributed by atoms with Crippen molar-refractivity contribution in [1.29, 1.82) is 0 Å². The van der Waals surface area contributed by atoms with E-state index in [2.05, 4.69) is 12.2 Å². The van der Waals surface area contributed by atoms with Crippen LogP contribution in [0.4, 0.5) is 0 Å². The summed E-state index contributed by atoms with van der Waals surface area (Å²) in [5, 5.41) is 3.05. The summed E-state index contributed by atoms with van der Waals surface area (Å²) in [6, 6.07) is -0.490. The lowest BCUT2D eigenvalue weighted by molar-refractivity contribution is -0.147. The number of hydrogen-bond donors (Lipinski definition) is 1. The lowest BCUT2D eigenvalue weighted by Crippen LogP contribution is -2.51. The Labute approximate surface area is 138 Å². The number of nitrogens with zero attached hydrogens (tertiary/aromatic N) is 1. The molecule has 3 fully saturated rings. The zero-order chi connectivity index (χ0) is 16.6. The molecular weight excluding hydrogens is 292 g/mol. The highest BCUT2D eigenvalue weighted by molar-refractivity contribution is 6.08. The number of carbonyl (C=O) groups excluding carboxylic acids is 3. The maximum absolute atomic E-state index is 12.6. The average molecular weight is 320 g/mol. The molecule has 2 aliphatic carbocycles. The van der Waals surface area contributed by atoms with Gasteiger partial charge in [0.05, 0.1) is 11.8 Å². The fourth-order valence-corrected chi connectivity index (χ4v) is 4.41. The van der Waals surface area contributed by atoms with Gasteiger partial charge >= 0.3 is 0 Å². The molecular formula is C18H28N2O3. The summed E-state index contributed by atoms with van der Waals surface area (Å²) in [6.45, 7) is 3.93. The van der Waals surface area contributed by atoms with Crippen molar-refractivity contribution in [3.63, 3.8) is 0 Å². The predicted octanol–water partition coefficient (Wildman–Crippen LogP) is 2.24. The van der Waals surface area contributed by atoms with Gasteiger partial charge in [0.15, 0.2) is 0 Å². The second-order valence-corrected chi connectivity index (χ2v) is 7.69. The van der Waals surface area contributed by atoms with Crippen molar-refractivity contribution < 1.29 is 14.4 Å². The number of nitrogens with one attached hydrogen (secondary N) is 1. The van der Waals surface area contributed by atoms with Crippen molar-refractivity contribution in [2.75, 3.05) is 0 Å². The summed E-state index contributed by atoms with van der Waals surface area (Å²) < 4.78 is 0. The van der Waals surface area contributed by atoms with Crippen LogP contribution in [0.5, 0.6) is 0 Å². The van der Waals surface area contributed by atoms with Crippen LogP contribution in [0.25, 0.3) is 0 Å². The molecule has 3 aliphatic rings. The number of rotatable bonds is 3. The zero-order valence-corrected chi connectivity index (χ0v) is 14.2. The number of fused-ring (bicyclic) bond motifs is 1. The van der Waals surface area contributed by atoms with E-state index >= 15 is 0 Å². The molecule has 3 rings (SSSR count). The van der Waals surface area contributed by atoms with Crippen LogP contribution < -0.4 is 5.32 Å². The molecule has 0 aromatic heterocycles. The Morgan fingerprint density at radius 3 is 2.04 bits per heavy atom.